The summed E-state index contributed by atoms with van der Waals surface area (Å²) >= 11 is 0. The molecule has 0 aliphatic heterocycles. The molecule has 1 fully saturated rings. The van der Waals surface area contributed by atoms with Gasteiger partial charge in [-0.1, -0.05) is 27.2 Å². The van der Waals surface area contributed by atoms with Crippen molar-refractivity contribution in [3.05, 3.63) is 0 Å². The first-order chi connectivity index (χ1) is 7.28. The van der Waals surface area contributed by atoms with E-state index in [0.717, 1.165) is 45.0 Å². The van der Waals surface area contributed by atoms with Gasteiger partial charge in [0.05, 0.1) is 6.10 Å². The van der Waals surface area contributed by atoms with E-state index in [1.807, 2.05) is 0 Å². The maximum Gasteiger partial charge on any atom is 0.123 e. The van der Waals surface area contributed by atoms with E-state index >= 15 is 0 Å². The fourth-order valence-corrected chi connectivity index (χ4v) is 1.68. The van der Waals surface area contributed by atoms with Gasteiger partial charge in [-0.2, -0.15) is 0 Å². The van der Waals surface area contributed by atoms with Crippen LogP contribution in [0.1, 0.15) is 59.3 Å². The van der Waals surface area contributed by atoms with E-state index in [1.165, 1.54) is 6.42 Å². The molecule has 0 spiro atoms. The van der Waals surface area contributed by atoms with Gasteiger partial charge < -0.3 is 15.0 Å². The molecule has 0 aromatic rings. The molecule has 0 radical (unpaired) electrons. The molecule has 0 aromatic carbocycles. The third-order valence-corrected chi connectivity index (χ3v) is 2.47. The molecule has 3 heteroatoms. The Morgan fingerprint density at radius 1 is 1.12 bits per heavy atom. The van der Waals surface area contributed by atoms with Crippen LogP contribution in [0.5, 0.6) is 0 Å². The zero-order chi connectivity index (χ0) is 11.5. The Morgan fingerprint density at radius 3 is 2.00 bits per heavy atom. The predicted molar refractivity (Wildman–Crippen MR) is 67.6 cm³/mol. The van der Waals surface area contributed by atoms with E-state index < -0.39 is 0 Å². The Bertz CT molecular complexity index is 140. The van der Waals surface area contributed by atoms with E-state index in [4.69, 9.17) is 4.74 Å². The van der Waals surface area contributed by atoms with Gasteiger partial charge in [-0.15, -0.1) is 0 Å². The van der Waals surface area contributed by atoms with Crippen LogP contribution in [-0.2, 0) is 9.53 Å². The van der Waals surface area contributed by atoms with Crippen molar-refractivity contribution in [1.82, 2.24) is 0 Å². The Hall–Kier alpha value is -0.410. The second-order valence-electron chi connectivity index (χ2n) is 4.25. The standard InChI is InChI=1S/C10H18O2.C3H8.H2O/c1-2-7-12-10-5-3-9(8-11)4-6-10;1-3-2;/h8-10H,2-7H2,1H3;3H2,1-2H3;1H2. The second-order valence-corrected chi connectivity index (χ2v) is 4.25. The molecule has 16 heavy (non-hydrogen) atoms. The third-order valence-electron chi connectivity index (χ3n) is 2.47. The molecule has 2 N–H and O–H groups in total. The summed E-state index contributed by atoms with van der Waals surface area (Å²) in [6.07, 6.45) is 8.06. The van der Waals surface area contributed by atoms with Gasteiger partial charge in [0.15, 0.2) is 0 Å². The number of ether oxygens (including phenoxy) is 1. The lowest BCUT2D eigenvalue weighted by molar-refractivity contribution is -0.112. The van der Waals surface area contributed by atoms with Crippen molar-refractivity contribution >= 4 is 6.29 Å². The minimum absolute atomic E-state index is 0. The highest BCUT2D eigenvalue weighted by atomic mass is 16.5. The number of hydrogen-bond donors (Lipinski definition) is 0. The number of hydrogen-bond acceptors (Lipinski definition) is 2. The minimum Gasteiger partial charge on any atom is -0.412 e. The zero-order valence-corrected chi connectivity index (χ0v) is 11.0. The highest BCUT2D eigenvalue weighted by Gasteiger charge is 2.20. The Labute approximate surface area is 99.9 Å². The molecule has 0 bridgehead atoms. The van der Waals surface area contributed by atoms with Crippen LogP contribution in [0, 0.1) is 5.92 Å². The zero-order valence-electron chi connectivity index (χ0n) is 11.0. The van der Waals surface area contributed by atoms with E-state index in [0.29, 0.717) is 12.0 Å². The van der Waals surface area contributed by atoms with Crippen molar-refractivity contribution in [3.8, 4) is 0 Å². The highest BCUT2D eigenvalue weighted by molar-refractivity contribution is 5.53. The van der Waals surface area contributed by atoms with Gasteiger partial charge in [-0.05, 0) is 32.1 Å². The smallest absolute Gasteiger partial charge is 0.123 e. The van der Waals surface area contributed by atoms with Gasteiger partial charge in [0.1, 0.15) is 6.29 Å². The van der Waals surface area contributed by atoms with Crippen molar-refractivity contribution in [2.24, 2.45) is 5.92 Å². The third kappa shape index (κ3) is 8.86. The molecule has 1 rings (SSSR count). The molecule has 0 aromatic heterocycles. The summed E-state index contributed by atoms with van der Waals surface area (Å²) in [7, 11) is 0. The number of aldehydes is 1. The first-order valence-corrected chi connectivity index (χ1v) is 6.35. The fourth-order valence-electron chi connectivity index (χ4n) is 1.68. The molecule has 1 aliphatic rings. The van der Waals surface area contributed by atoms with Crippen LogP contribution in [0.4, 0.5) is 0 Å². The van der Waals surface area contributed by atoms with Crippen LogP contribution in [-0.4, -0.2) is 24.5 Å². The van der Waals surface area contributed by atoms with Crippen molar-refractivity contribution in [2.45, 2.75) is 65.4 Å². The van der Waals surface area contributed by atoms with E-state index in [9.17, 15) is 4.79 Å². The maximum atomic E-state index is 10.4. The van der Waals surface area contributed by atoms with Gasteiger partial charge in [0.25, 0.3) is 0 Å². The Morgan fingerprint density at radius 2 is 1.62 bits per heavy atom. The molecule has 0 atom stereocenters. The predicted octanol–water partition coefficient (Wildman–Crippen LogP) is 2.76. The molecule has 0 amide bonds. The van der Waals surface area contributed by atoms with Crippen LogP contribution < -0.4 is 0 Å². The quantitative estimate of drug-likeness (QED) is 0.700. The molecule has 0 saturated heterocycles. The first-order valence-electron chi connectivity index (χ1n) is 6.35. The molecule has 3 nitrogen and oxygen atoms in total. The summed E-state index contributed by atoms with van der Waals surface area (Å²) < 4.78 is 5.61. The molecule has 1 aliphatic carbocycles. The number of carbonyl (C=O) groups excluding carboxylic acids is 1. The lowest BCUT2D eigenvalue weighted by Gasteiger charge is -2.25. The molecule has 1 saturated carbocycles. The molecular weight excluding hydrogens is 204 g/mol. The second kappa shape index (κ2) is 12.7. The van der Waals surface area contributed by atoms with Gasteiger partial charge in [0, 0.05) is 12.5 Å². The van der Waals surface area contributed by atoms with Gasteiger partial charge in [-0.25, -0.2) is 0 Å². The summed E-state index contributed by atoms with van der Waals surface area (Å²) in [6, 6.07) is 0. The molecule has 0 heterocycles. The van der Waals surface area contributed by atoms with Crippen molar-refractivity contribution in [2.75, 3.05) is 6.61 Å². The summed E-state index contributed by atoms with van der Waals surface area (Å²) in [4.78, 5) is 10.4. The van der Waals surface area contributed by atoms with Crippen LogP contribution in [0.3, 0.4) is 0 Å². The average molecular weight is 232 g/mol. The lowest BCUT2D eigenvalue weighted by Crippen LogP contribution is -2.22. The number of rotatable bonds is 4. The van der Waals surface area contributed by atoms with Crippen molar-refractivity contribution in [3.63, 3.8) is 0 Å². The summed E-state index contributed by atoms with van der Waals surface area (Å²) in [5, 5.41) is 0. The van der Waals surface area contributed by atoms with Crippen LogP contribution >= 0.6 is 0 Å². The van der Waals surface area contributed by atoms with Crippen molar-refractivity contribution in [1.29, 1.82) is 0 Å². The molecule has 98 valence electrons. The normalized spacial score (nSPS) is 23.7. The topological polar surface area (TPSA) is 57.8 Å². The molecular formula is C13H28O3. The molecule has 0 unspecified atom stereocenters. The average Bonchev–Trinajstić information content (AvgIpc) is 2.28. The van der Waals surface area contributed by atoms with E-state index in [1.54, 1.807) is 0 Å². The largest absolute Gasteiger partial charge is 0.412 e. The van der Waals surface area contributed by atoms with Gasteiger partial charge >= 0.3 is 0 Å². The Kier molecular flexibility index (Phi) is 14.2. The van der Waals surface area contributed by atoms with Gasteiger partial charge in [0.2, 0.25) is 0 Å². The first kappa shape index (κ1) is 18.0. The highest BCUT2D eigenvalue weighted by Crippen LogP contribution is 2.24. The van der Waals surface area contributed by atoms with Gasteiger partial charge in [-0.3, -0.25) is 0 Å². The Balaban J connectivity index is 0. The van der Waals surface area contributed by atoms with Crippen LogP contribution in [0.2, 0.25) is 0 Å². The van der Waals surface area contributed by atoms with E-state index in [2.05, 4.69) is 20.8 Å². The number of carbonyl (C=O) groups is 1. The SMILES string of the molecule is CCC.CCCOC1CCC(C=O)CC1.O. The summed E-state index contributed by atoms with van der Waals surface area (Å²) in [5.74, 6) is 0.312. The monoisotopic (exact) mass is 232 g/mol. The van der Waals surface area contributed by atoms with Crippen LogP contribution in [0.15, 0.2) is 0 Å². The summed E-state index contributed by atoms with van der Waals surface area (Å²) in [5.41, 5.74) is 0. The van der Waals surface area contributed by atoms with Crippen molar-refractivity contribution < 1.29 is 15.0 Å². The van der Waals surface area contributed by atoms with E-state index in [-0.39, 0.29) is 5.48 Å². The lowest BCUT2D eigenvalue weighted by atomic mass is 9.88. The minimum atomic E-state index is 0. The summed E-state index contributed by atoms with van der Waals surface area (Å²) in [6.45, 7) is 7.24. The van der Waals surface area contributed by atoms with Crippen LogP contribution in [0.25, 0.3) is 0 Å². The fraction of sp³-hybridized carbons (Fsp3) is 0.923. The maximum absolute atomic E-state index is 10.4.